The van der Waals surface area contributed by atoms with Crippen LogP contribution in [0.5, 0.6) is 5.75 Å². The summed E-state index contributed by atoms with van der Waals surface area (Å²) in [6.07, 6.45) is 2.04. The fourth-order valence-corrected chi connectivity index (χ4v) is 2.57. The van der Waals surface area contributed by atoms with E-state index in [2.05, 4.69) is 0 Å². The number of rotatable bonds is 3. The van der Waals surface area contributed by atoms with Crippen molar-refractivity contribution in [3.05, 3.63) is 23.8 Å². The van der Waals surface area contributed by atoms with Crippen LogP contribution >= 0.6 is 0 Å². The quantitative estimate of drug-likeness (QED) is 0.851. The van der Waals surface area contributed by atoms with Crippen LogP contribution in [-0.2, 0) is 15.9 Å². The van der Waals surface area contributed by atoms with Gasteiger partial charge in [-0.2, -0.15) is 0 Å². The van der Waals surface area contributed by atoms with Gasteiger partial charge in [0.15, 0.2) is 5.79 Å². The van der Waals surface area contributed by atoms with E-state index in [1.165, 1.54) is 5.06 Å². The Bertz CT molecular complexity index is 431. The van der Waals surface area contributed by atoms with Crippen LogP contribution in [0.2, 0.25) is 0 Å². The fraction of sp³-hybridized carbons (Fsp3) is 0.571. The van der Waals surface area contributed by atoms with Crippen molar-refractivity contribution in [2.24, 2.45) is 0 Å². The van der Waals surface area contributed by atoms with E-state index >= 15 is 0 Å². The summed E-state index contributed by atoms with van der Waals surface area (Å²) in [5, 5.41) is 11.4. The molecule has 0 amide bonds. The van der Waals surface area contributed by atoms with Crippen molar-refractivity contribution in [1.82, 2.24) is 0 Å². The number of ether oxygens (including phenoxy) is 3. The molecule has 0 radical (unpaired) electrons. The van der Waals surface area contributed by atoms with E-state index < -0.39 is 5.79 Å². The molecule has 2 rings (SSSR count). The molecule has 0 aliphatic carbocycles. The molecule has 19 heavy (non-hydrogen) atoms. The Balaban J connectivity index is 2.48. The molecule has 1 aliphatic rings. The minimum Gasteiger partial charge on any atom is -0.496 e. The molecule has 0 saturated carbocycles. The topological polar surface area (TPSA) is 51.2 Å². The summed E-state index contributed by atoms with van der Waals surface area (Å²) in [7, 11) is 4.92. The van der Waals surface area contributed by atoms with Crippen molar-refractivity contribution in [1.29, 1.82) is 0 Å². The predicted molar refractivity (Wildman–Crippen MR) is 71.8 cm³/mol. The molecular formula is C14H21NO4. The second-order valence-corrected chi connectivity index (χ2v) is 4.68. The number of hydrogen-bond acceptors (Lipinski definition) is 5. The molecule has 0 unspecified atom stereocenters. The molecule has 0 bridgehead atoms. The van der Waals surface area contributed by atoms with E-state index in [1.54, 1.807) is 21.3 Å². The SMILES string of the molecule is COc1cccc2c1CC(OC)(OC)CCCN2O. The molecule has 0 saturated heterocycles. The van der Waals surface area contributed by atoms with Crippen molar-refractivity contribution in [3.8, 4) is 5.75 Å². The standard InChI is InChI=1S/C14H21NO4/c1-17-13-7-4-6-12-11(13)10-14(18-2,19-3)8-5-9-15(12)16/h4,6-7,16H,5,8-10H2,1-3H3. The van der Waals surface area contributed by atoms with Crippen LogP contribution in [0.3, 0.4) is 0 Å². The molecule has 1 aromatic rings. The highest BCUT2D eigenvalue weighted by atomic mass is 16.7. The minimum atomic E-state index is -0.662. The Kier molecular flexibility index (Phi) is 4.29. The summed E-state index contributed by atoms with van der Waals surface area (Å²) in [4.78, 5) is 0. The maximum Gasteiger partial charge on any atom is 0.171 e. The van der Waals surface area contributed by atoms with Crippen LogP contribution in [0.15, 0.2) is 18.2 Å². The van der Waals surface area contributed by atoms with Crippen molar-refractivity contribution in [2.75, 3.05) is 32.9 Å². The third-order valence-corrected chi connectivity index (χ3v) is 3.72. The Morgan fingerprint density at radius 3 is 2.58 bits per heavy atom. The zero-order chi connectivity index (χ0) is 13.9. The highest BCUT2D eigenvalue weighted by Gasteiger charge is 2.34. The van der Waals surface area contributed by atoms with Gasteiger partial charge in [0.2, 0.25) is 0 Å². The summed E-state index contributed by atoms with van der Waals surface area (Å²) in [6.45, 7) is 0.536. The Morgan fingerprint density at radius 1 is 1.21 bits per heavy atom. The van der Waals surface area contributed by atoms with Gasteiger partial charge in [-0.1, -0.05) is 6.07 Å². The molecule has 0 spiro atoms. The van der Waals surface area contributed by atoms with Crippen LogP contribution in [0.4, 0.5) is 5.69 Å². The molecule has 5 heteroatoms. The molecule has 0 aromatic heterocycles. The molecule has 1 N–H and O–H groups in total. The van der Waals surface area contributed by atoms with Gasteiger partial charge in [-0.15, -0.1) is 0 Å². The maximum atomic E-state index is 10.1. The first-order chi connectivity index (χ1) is 9.15. The van der Waals surface area contributed by atoms with Gasteiger partial charge in [0, 0.05) is 39.2 Å². The van der Waals surface area contributed by atoms with E-state index in [9.17, 15) is 5.21 Å². The molecule has 1 aromatic carbocycles. The van der Waals surface area contributed by atoms with Gasteiger partial charge >= 0.3 is 0 Å². The highest BCUT2D eigenvalue weighted by Crippen LogP contribution is 2.37. The second kappa shape index (κ2) is 5.77. The van der Waals surface area contributed by atoms with Crippen LogP contribution < -0.4 is 9.80 Å². The molecule has 0 atom stereocenters. The lowest BCUT2D eigenvalue weighted by molar-refractivity contribution is -0.210. The number of fused-ring (bicyclic) bond motifs is 1. The second-order valence-electron chi connectivity index (χ2n) is 4.68. The molecular weight excluding hydrogens is 246 g/mol. The van der Waals surface area contributed by atoms with Crippen LogP contribution in [0.1, 0.15) is 18.4 Å². The molecule has 0 fully saturated rings. The smallest absolute Gasteiger partial charge is 0.171 e. The summed E-state index contributed by atoms with van der Waals surface area (Å²) in [6, 6.07) is 5.62. The van der Waals surface area contributed by atoms with Crippen molar-refractivity contribution >= 4 is 5.69 Å². The molecule has 5 nitrogen and oxygen atoms in total. The molecule has 1 aliphatic heterocycles. The van der Waals surface area contributed by atoms with Gasteiger partial charge < -0.3 is 14.2 Å². The number of hydrogen-bond donors (Lipinski definition) is 1. The van der Waals surface area contributed by atoms with Crippen LogP contribution in [0.25, 0.3) is 0 Å². The average Bonchev–Trinajstić information content (AvgIpc) is 2.44. The summed E-state index contributed by atoms with van der Waals surface area (Å²) in [5.74, 6) is 0.0712. The number of nitrogens with zero attached hydrogens (tertiary/aromatic N) is 1. The van der Waals surface area contributed by atoms with Crippen molar-refractivity contribution in [3.63, 3.8) is 0 Å². The zero-order valence-corrected chi connectivity index (χ0v) is 11.7. The third kappa shape index (κ3) is 2.68. The molecule has 1 heterocycles. The van der Waals surface area contributed by atoms with Gasteiger partial charge in [-0.25, -0.2) is 0 Å². The Hall–Kier alpha value is -1.30. The van der Waals surface area contributed by atoms with Gasteiger partial charge in [-0.3, -0.25) is 10.3 Å². The van der Waals surface area contributed by atoms with E-state index in [1.807, 2.05) is 18.2 Å². The van der Waals surface area contributed by atoms with E-state index in [0.29, 0.717) is 19.4 Å². The summed E-state index contributed by atoms with van der Waals surface area (Å²) in [5.41, 5.74) is 1.65. The lowest BCUT2D eigenvalue weighted by atomic mass is 9.95. The Labute approximate surface area is 113 Å². The summed E-state index contributed by atoms with van der Waals surface area (Å²) < 4.78 is 16.5. The largest absolute Gasteiger partial charge is 0.496 e. The van der Waals surface area contributed by atoms with Gasteiger partial charge in [0.1, 0.15) is 5.75 Å². The number of hydroxylamine groups is 1. The highest BCUT2D eigenvalue weighted by molar-refractivity contribution is 5.58. The van der Waals surface area contributed by atoms with Crippen LogP contribution in [-0.4, -0.2) is 38.9 Å². The van der Waals surface area contributed by atoms with Crippen molar-refractivity contribution in [2.45, 2.75) is 25.0 Å². The number of methoxy groups -OCH3 is 3. The fourth-order valence-electron chi connectivity index (χ4n) is 2.57. The molecule has 106 valence electrons. The van der Waals surface area contributed by atoms with E-state index in [4.69, 9.17) is 14.2 Å². The lowest BCUT2D eigenvalue weighted by Crippen LogP contribution is -2.39. The first kappa shape index (κ1) is 14.1. The minimum absolute atomic E-state index is 0.536. The maximum absolute atomic E-state index is 10.1. The number of anilines is 1. The van der Waals surface area contributed by atoms with E-state index in [0.717, 1.165) is 23.4 Å². The monoisotopic (exact) mass is 267 g/mol. The average molecular weight is 267 g/mol. The predicted octanol–water partition coefficient (Wildman–Crippen LogP) is 2.22. The number of benzene rings is 1. The zero-order valence-electron chi connectivity index (χ0n) is 11.7. The first-order valence-electron chi connectivity index (χ1n) is 6.38. The normalized spacial score (nSPS) is 18.4. The van der Waals surface area contributed by atoms with Gasteiger partial charge in [0.05, 0.1) is 12.8 Å². The summed E-state index contributed by atoms with van der Waals surface area (Å²) >= 11 is 0. The first-order valence-corrected chi connectivity index (χ1v) is 6.38. The van der Waals surface area contributed by atoms with Gasteiger partial charge in [-0.05, 0) is 18.6 Å². The Morgan fingerprint density at radius 2 is 1.95 bits per heavy atom. The third-order valence-electron chi connectivity index (χ3n) is 3.72. The van der Waals surface area contributed by atoms with Gasteiger partial charge in [0.25, 0.3) is 0 Å². The lowest BCUT2D eigenvalue weighted by Gasteiger charge is -2.35. The van der Waals surface area contributed by atoms with E-state index in [-0.39, 0.29) is 0 Å². The van der Waals surface area contributed by atoms with Crippen molar-refractivity contribution < 1.29 is 19.4 Å². The van der Waals surface area contributed by atoms with Crippen LogP contribution in [0, 0.1) is 0 Å².